The molecule has 108 valence electrons. The Balaban J connectivity index is 4.82. The third-order valence-corrected chi connectivity index (χ3v) is 4.63. The van der Waals surface area contributed by atoms with Crippen molar-refractivity contribution in [2.24, 2.45) is 0 Å². The van der Waals surface area contributed by atoms with Crippen molar-refractivity contribution >= 4 is 13.6 Å². The Morgan fingerprint density at radius 3 is 2.11 bits per heavy atom. The van der Waals surface area contributed by atoms with Gasteiger partial charge in [-0.15, -0.1) is 0 Å². The molecule has 6 heteroatoms. The van der Waals surface area contributed by atoms with Gasteiger partial charge in [-0.3, -0.25) is 9.36 Å². The first-order chi connectivity index (χ1) is 8.20. The molecule has 18 heavy (non-hydrogen) atoms. The van der Waals surface area contributed by atoms with Gasteiger partial charge in [0.05, 0.1) is 0 Å². The zero-order valence-electron chi connectivity index (χ0n) is 11.7. The van der Waals surface area contributed by atoms with E-state index in [0.29, 0.717) is 19.3 Å². The average Bonchev–Trinajstić information content (AvgIpc) is 2.27. The number of esters is 1. The highest BCUT2D eigenvalue weighted by atomic mass is 31.2. The minimum Gasteiger partial charge on any atom is -0.459 e. The molecule has 0 bridgehead atoms. The van der Waals surface area contributed by atoms with Crippen molar-refractivity contribution in [2.75, 3.05) is 0 Å². The average molecular weight is 280 g/mol. The number of carbonyl (C=O) groups excluding carboxylic acids is 1. The molecule has 0 rings (SSSR count). The maximum atomic E-state index is 11.9. The Hall–Kier alpha value is -0.380. The van der Waals surface area contributed by atoms with Gasteiger partial charge in [-0.25, -0.2) is 0 Å². The summed E-state index contributed by atoms with van der Waals surface area (Å²) in [6.07, 6.45) is 2.79. The molecule has 0 aromatic rings. The summed E-state index contributed by atoms with van der Waals surface area (Å²) in [6, 6.07) is 0. The molecule has 2 N–H and O–H groups in total. The highest BCUT2D eigenvalue weighted by molar-refractivity contribution is 7.53. The minimum absolute atomic E-state index is 0.170. The lowest BCUT2D eigenvalue weighted by molar-refractivity contribution is -0.158. The van der Waals surface area contributed by atoms with E-state index in [9.17, 15) is 19.1 Å². The summed E-state index contributed by atoms with van der Waals surface area (Å²) < 4.78 is 16.6. The fourth-order valence-corrected chi connectivity index (χ4v) is 2.37. The van der Waals surface area contributed by atoms with Gasteiger partial charge in [0.15, 0.2) is 5.66 Å². The number of hydrogen-bond donors (Lipinski definition) is 2. The topological polar surface area (TPSA) is 83.8 Å². The second kappa shape index (κ2) is 7.27. The van der Waals surface area contributed by atoms with Gasteiger partial charge in [-0.2, -0.15) is 0 Å². The quantitative estimate of drug-likeness (QED) is 0.527. The monoisotopic (exact) mass is 280 g/mol. The summed E-state index contributed by atoms with van der Waals surface area (Å²) in [5.74, 6) is -0.775. The van der Waals surface area contributed by atoms with Crippen LogP contribution in [-0.4, -0.2) is 27.0 Å². The smallest absolute Gasteiger partial charge is 0.339 e. The number of carbonyl (C=O) groups is 1. The molecule has 0 spiro atoms. The zero-order valence-corrected chi connectivity index (χ0v) is 12.6. The standard InChI is InChI=1S/C12H25O5P/c1-5-8-9-10(18(14,15)16)11(13)17-12(4,6-2)7-3/h10H,5-9H2,1-4H3,(H2,14,15,16). The summed E-state index contributed by atoms with van der Waals surface area (Å²) >= 11 is 0. The lowest BCUT2D eigenvalue weighted by Gasteiger charge is -2.29. The Kier molecular flexibility index (Phi) is 7.11. The van der Waals surface area contributed by atoms with Gasteiger partial charge >= 0.3 is 13.6 Å². The van der Waals surface area contributed by atoms with Crippen LogP contribution >= 0.6 is 7.60 Å². The van der Waals surface area contributed by atoms with Crippen molar-refractivity contribution in [3.05, 3.63) is 0 Å². The van der Waals surface area contributed by atoms with Crippen LogP contribution < -0.4 is 0 Å². The van der Waals surface area contributed by atoms with Crippen LogP contribution in [0.4, 0.5) is 0 Å². The fourth-order valence-electron chi connectivity index (χ4n) is 1.53. The van der Waals surface area contributed by atoms with Crippen molar-refractivity contribution in [3.63, 3.8) is 0 Å². The fraction of sp³-hybridized carbons (Fsp3) is 0.917. The van der Waals surface area contributed by atoms with E-state index >= 15 is 0 Å². The van der Waals surface area contributed by atoms with Crippen LogP contribution in [0.15, 0.2) is 0 Å². The van der Waals surface area contributed by atoms with Gasteiger partial charge < -0.3 is 14.5 Å². The van der Waals surface area contributed by atoms with Crippen LogP contribution in [0.3, 0.4) is 0 Å². The number of hydrogen-bond acceptors (Lipinski definition) is 3. The Labute approximate surface area is 109 Å². The second-order valence-corrected chi connectivity index (χ2v) is 6.63. The molecule has 0 amide bonds. The van der Waals surface area contributed by atoms with Crippen LogP contribution in [-0.2, 0) is 14.1 Å². The first-order valence-corrected chi connectivity index (χ1v) is 8.16. The lowest BCUT2D eigenvalue weighted by Crippen LogP contribution is -2.35. The zero-order chi connectivity index (χ0) is 14.4. The Bertz CT molecular complexity index is 306. The molecular formula is C12H25O5P. The van der Waals surface area contributed by atoms with Gasteiger partial charge in [-0.05, 0) is 26.2 Å². The molecule has 0 aromatic heterocycles. The SMILES string of the molecule is CCCCC(C(=O)OC(C)(CC)CC)P(=O)(O)O. The summed E-state index contributed by atoms with van der Waals surface area (Å²) in [6.45, 7) is 7.45. The van der Waals surface area contributed by atoms with Crippen molar-refractivity contribution in [1.29, 1.82) is 0 Å². The van der Waals surface area contributed by atoms with Gasteiger partial charge in [0.2, 0.25) is 0 Å². The van der Waals surface area contributed by atoms with E-state index in [1.165, 1.54) is 0 Å². The van der Waals surface area contributed by atoms with Gasteiger partial charge in [0.1, 0.15) is 5.60 Å². The van der Waals surface area contributed by atoms with Gasteiger partial charge in [-0.1, -0.05) is 33.6 Å². The second-order valence-electron chi connectivity index (χ2n) is 4.83. The van der Waals surface area contributed by atoms with Crippen molar-refractivity contribution < 1.29 is 23.9 Å². The Morgan fingerprint density at radius 2 is 1.78 bits per heavy atom. The van der Waals surface area contributed by atoms with E-state index in [1.807, 2.05) is 20.8 Å². The molecule has 0 aromatic carbocycles. The van der Waals surface area contributed by atoms with E-state index in [0.717, 1.165) is 6.42 Å². The number of unbranched alkanes of at least 4 members (excludes halogenated alkanes) is 1. The summed E-state index contributed by atoms with van der Waals surface area (Å²) in [4.78, 5) is 30.4. The molecule has 1 unspecified atom stereocenters. The number of rotatable bonds is 8. The van der Waals surface area contributed by atoms with Crippen LogP contribution in [0.1, 0.15) is 59.8 Å². The minimum atomic E-state index is -4.44. The molecule has 0 aliphatic carbocycles. The van der Waals surface area contributed by atoms with E-state index in [1.54, 1.807) is 6.92 Å². The molecule has 0 aliphatic rings. The number of ether oxygens (including phenoxy) is 1. The first-order valence-electron chi connectivity index (χ1n) is 6.48. The highest BCUT2D eigenvalue weighted by Crippen LogP contribution is 2.45. The van der Waals surface area contributed by atoms with Gasteiger partial charge in [0, 0.05) is 0 Å². The van der Waals surface area contributed by atoms with Crippen LogP contribution in [0.5, 0.6) is 0 Å². The Morgan fingerprint density at radius 1 is 1.28 bits per heavy atom. The van der Waals surface area contributed by atoms with Gasteiger partial charge in [0.25, 0.3) is 0 Å². The molecular weight excluding hydrogens is 255 g/mol. The first kappa shape index (κ1) is 17.6. The van der Waals surface area contributed by atoms with Crippen molar-refractivity contribution in [3.8, 4) is 0 Å². The van der Waals surface area contributed by atoms with Crippen molar-refractivity contribution in [2.45, 2.75) is 71.1 Å². The molecule has 5 nitrogen and oxygen atoms in total. The van der Waals surface area contributed by atoms with Crippen LogP contribution in [0, 0.1) is 0 Å². The molecule has 0 radical (unpaired) electrons. The third kappa shape index (κ3) is 5.51. The van der Waals surface area contributed by atoms with Crippen LogP contribution in [0.2, 0.25) is 0 Å². The molecule has 0 fully saturated rings. The molecule has 1 atom stereocenters. The van der Waals surface area contributed by atoms with Crippen molar-refractivity contribution in [1.82, 2.24) is 0 Å². The molecule has 0 heterocycles. The van der Waals surface area contributed by atoms with E-state index in [4.69, 9.17) is 4.74 Å². The van der Waals surface area contributed by atoms with Crippen LogP contribution in [0.25, 0.3) is 0 Å². The largest absolute Gasteiger partial charge is 0.459 e. The summed E-state index contributed by atoms with van der Waals surface area (Å²) in [5, 5.41) is 0. The third-order valence-electron chi connectivity index (χ3n) is 3.35. The maximum absolute atomic E-state index is 11.9. The normalized spacial score (nSPS) is 14.3. The molecule has 0 saturated carbocycles. The predicted molar refractivity (Wildman–Crippen MR) is 70.4 cm³/mol. The summed E-state index contributed by atoms with van der Waals surface area (Å²) in [7, 11) is -4.44. The highest BCUT2D eigenvalue weighted by Gasteiger charge is 2.39. The predicted octanol–water partition coefficient (Wildman–Crippen LogP) is 2.84. The molecule has 0 saturated heterocycles. The summed E-state index contributed by atoms with van der Waals surface area (Å²) in [5.41, 5.74) is -1.97. The van der Waals surface area contributed by atoms with E-state index in [-0.39, 0.29) is 6.42 Å². The lowest BCUT2D eigenvalue weighted by atomic mass is 10.00. The molecule has 0 aliphatic heterocycles. The van der Waals surface area contributed by atoms with E-state index < -0.39 is 24.8 Å². The maximum Gasteiger partial charge on any atom is 0.339 e. The van der Waals surface area contributed by atoms with E-state index in [2.05, 4.69) is 0 Å².